The molecule has 0 heterocycles. The van der Waals surface area contributed by atoms with Gasteiger partial charge in [0.25, 0.3) is 0 Å². The van der Waals surface area contributed by atoms with Crippen LogP contribution < -0.4 is 0 Å². The van der Waals surface area contributed by atoms with E-state index in [2.05, 4.69) is 0 Å². The average Bonchev–Trinajstić information content (AvgIpc) is 1.62. The van der Waals surface area contributed by atoms with Gasteiger partial charge in [-0.05, 0) is 0 Å². The Hall–Kier alpha value is 1.44. The Balaban J connectivity index is 3.62. The predicted octanol–water partition coefficient (Wildman–Crippen LogP) is 2.50. The van der Waals surface area contributed by atoms with Gasteiger partial charge in [0, 0.05) is 4.90 Å². The molecule has 1 radical (unpaired) electrons. The first kappa shape index (κ1) is 9.44. The zero-order chi connectivity index (χ0) is 6.78. The van der Waals surface area contributed by atoms with E-state index in [9.17, 15) is 0 Å². The largest absolute Gasteiger partial charge is 0.350 e. The topological polar surface area (TPSA) is 0 Å². The van der Waals surface area contributed by atoms with Crippen LogP contribution in [-0.4, -0.2) is 18.2 Å². The van der Waals surface area contributed by atoms with Crippen LogP contribution in [0.4, 0.5) is 0 Å². The third kappa shape index (κ3) is 3.46. The van der Waals surface area contributed by atoms with Crippen molar-refractivity contribution < 1.29 is 0 Å². The Bertz CT molecular complexity index is 70.9. The molecule has 47 valence electrons. The second kappa shape index (κ2) is 3.57. The molecule has 0 aliphatic carbocycles. The summed E-state index contributed by atoms with van der Waals surface area (Å²) in [5, 5.41) is 0. The van der Waals surface area contributed by atoms with Crippen LogP contribution in [0.2, 0.25) is 6.82 Å². The number of halogens is 4. The van der Waals surface area contributed by atoms with Crippen molar-refractivity contribution >= 4 is 58.1 Å². The normalized spacial score (nSPS) is 15.6. The molecule has 0 fully saturated rings. The molecule has 0 aliphatic rings. The third-order valence-corrected chi connectivity index (χ3v) is 5.92. The smallest absolute Gasteiger partial charge is 0.132 e. The molecule has 0 amide bonds. The molecule has 6 heteroatoms. The van der Waals surface area contributed by atoms with Crippen LogP contribution in [0.1, 0.15) is 0 Å². The van der Waals surface area contributed by atoms with E-state index in [0.29, 0.717) is 0 Å². The van der Waals surface area contributed by atoms with Crippen LogP contribution in [0.15, 0.2) is 0 Å². The maximum Gasteiger partial charge on any atom is 0.350 e. The minimum atomic E-state index is -2.63. The first-order chi connectivity index (χ1) is 3.48. The lowest BCUT2D eigenvalue weighted by Gasteiger charge is -2.10. The molecule has 0 aromatic carbocycles. The van der Waals surface area contributed by atoms with E-state index in [1.165, 1.54) is 0 Å². The quantitative estimate of drug-likeness (QED) is 0.372. The Morgan fingerprint density at radius 2 is 1.75 bits per heavy atom. The fraction of sp³-hybridized carbons (Fsp3) is 1.00. The molecule has 0 N–H and O–H groups in total. The summed E-state index contributed by atoms with van der Waals surface area (Å²) in [6, 6.07) is -2.63. The van der Waals surface area contributed by atoms with Crippen LogP contribution in [0, 0.1) is 0 Å². The van der Waals surface area contributed by atoms with Crippen molar-refractivity contribution in [1.29, 1.82) is 0 Å². The average molecular weight is 209 g/mol. The van der Waals surface area contributed by atoms with Crippen molar-refractivity contribution in [2.24, 2.45) is 0 Å². The number of hydrogen-bond donors (Lipinski definition) is 0. The molecule has 0 saturated carbocycles. The summed E-state index contributed by atoms with van der Waals surface area (Å²) in [7, 11) is 1.68. The van der Waals surface area contributed by atoms with Crippen LogP contribution in [0.25, 0.3) is 0 Å². The van der Waals surface area contributed by atoms with Gasteiger partial charge in [-0.2, -0.15) is 0 Å². The highest BCUT2D eigenvalue weighted by atomic mass is 35.8. The molecule has 1 unspecified atom stereocenters. The monoisotopic (exact) mass is 207 g/mol. The Morgan fingerprint density at radius 1 is 1.38 bits per heavy atom. The summed E-state index contributed by atoms with van der Waals surface area (Å²) in [5.41, 5.74) is 0. The van der Waals surface area contributed by atoms with Gasteiger partial charge in [-0.3, -0.25) is 0 Å². The molecular formula is C2H4BCl4Si. The molecule has 0 aliphatic heterocycles. The molecular weight excluding hydrogens is 205 g/mol. The predicted molar refractivity (Wildman–Crippen MR) is 44.6 cm³/mol. The van der Waals surface area contributed by atoms with E-state index in [1.807, 2.05) is 0 Å². The van der Waals surface area contributed by atoms with Crippen LogP contribution in [-0.2, 0) is 0 Å². The van der Waals surface area contributed by atoms with Gasteiger partial charge in [0.2, 0.25) is 0 Å². The van der Waals surface area contributed by atoms with E-state index in [1.54, 1.807) is 14.1 Å². The second-order valence-corrected chi connectivity index (χ2v) is 10.9. The summed E-state index contributed by atoms with van der Waals surface area (Å²) >= 11 is 22.0. The van der Waals surface area contributed by atoms with Crippen molar-refractivity contribution in [3.8, 4) is 0 Å². The second-order valence-electron chi connectivity index (χ2n) is 1.28. The highest BCUT2D eigenvalue weighted by molar-refractivity contribution is 7.67. The summed E-state index contributed by atoms with van der Waals surface area (Å²) < 4.78 is 0. The van der Waals surface area contributed by atoms with Crippen molar-refractivity contribution in [1.82, 2.24) is 0 Å². The minimum absolute atomic E-state index is 0.368. The van der Waals surface area contributed by atoms with Gasteiger partial charge in [0.15, 0.2) is 0 Å². The Labute approximate surface area is 69.8 Å². The molecule has 8 heavy (non-hydrogen) atoms. The lowest BCUT2D eigenvalue weighted by atomic mass is 9.86. The maximum atomic E-state index is 5.55. The van der Waals surface area contributed by atoms with Crippen molar-refractivity contribution in [2.45, 2.75) is 11.7 Å². The minimum Gasteiger partial charge on any atom is -0.132 e. The molecule has 0 bridgehead atoms. The van der Waals surface area contributed by atoms with Crippen molar-refractivity contribution in [2.75, 3.05) is 0 Å². The van der Waals surface area contributed by atoms with Crippen molar-refractivity contribution in [3.63, 3.8) is 0 Å². The summed E-state index contributed by atoms with van der Waals surface area (Å²) in [6.45, 7) is 1.77. The van der Waals surface area contributed by atoms with Crippen molar-refractivity contribution in [3.05, 3.63) is 0 Å². The van der Waals surface area contributed by atoms with Crippen LogP contribution >= 0.6 is 44.8 Å². The van der Waals surface area contributed by atoms with Gasteiger partial charge >= 0.3 is 6.00 Å². The van der Waals surface area contributed by atoms with E-state index in [-0.39, 0.29) is 4.90 Å². The molecule has 0 aromatic rings. The summed E-state index contributed by atoms with van der Waals surface area (Å²) in [4.78, 5) is -0.368. The fourth-order valence-corrected chi connectivity index (χ4v) is 1.70. The van der Waals surface area contributed by atoms with Gasteiger partial charge in [-0.1, -0.05) is 6.82 Å². The summed E-state index contributed by atoms with van der Waals surface area (Å²) in [6.07, 6.45) is 0. The SMILES string of the molecule is C[B]C(Cl)[Si](Cl)(Cl)Cl. The molecule has 1 atom stereocenters. The standard InChI is InChI=1S/C2H4BCl4Si/c1-3-2(4)8(5,6)7/h2H,1H3. The highest BCUT2D eigenvalue weighted by Crippen LogP contribution is 2.26. The third-order valence-electron chi connectivity index (χ3n) is 0.605. The van der Waals surface area contributed by atoms with Crippen LogP contribution in [0.3, 0.4) is 0 Å². The zero-order valence-corrected chi connectivity index (χ0v) is 8.19. The molecule has 0 aromatic heterocycles. The van der Waals surface area contributed by atoms with Crippen LogP contribution in [0.5, 0.6) is 0 Å². The lowest BCUT2D eigenvalue weighted by Crippen LogP contribution is -2.30. The van der Waals surface area contributed by atoms with Gasteiger partial charge in [-0.25, -0.2) is 0 Å². The molecule has 0 rings (SSSR count). The van der Waals surface area contributed by atoms with E-state index < -0.39 is 6.00 Å². The lowest BCUT2D eigenvalue weighted by molar-refractivity contribution is 1.81. The van der Waals surface area contributed by atoms with E-state index in [0.717, 1.165) is 0 Å². The molecule has 0 spiro atoms. The van der Waals surface area contributed by atoms with E-state index in [4.69, 9.17) is 44.8 Å². The highest BCUT2D eigenvalue weighted by Gasteiger charge is 2.33. The number of alkyl halides is 1. The molecule has 0 saturated heterocycles. The van der Waals surface area contributed by atoms with Gasteiger partial charge in [-0.15, -0.1) is 44.8 Å². The van der Waals surface area contributed by atoms with Gasteiger partial charge in [0.05, 0.1) is 0 Å². The number of hydrogen-bond acceptors (Lipinski definition) is 0. The maximum absolute atomic E-state index is 5.55. The Kier molecular flexibility index (Phi) is 4.21. The molecule has 0 nitrogen and oxygen atoms in total. The fourth-order valence-electron chi connectivity index (χ4n) is 0.189. The Morgan fingerprint density at radius 3 is 1.75 bits per heavy atom. The van der Waals surface area contributed by atoms with Gasteiger partial charge in [0.1, 0.15) is 7.28 Å². The van der Waals surface area contributed by atoms with E-state index >= 15 is 0 Å². The first-order valence-electron chi connectivity index (χ1n) is 1.98. The van der Waals surface area contributed by atoms with Gasteiger partial charge < -0.3 is 0 Å². The zero-order valence-electron chi connectivity index (χ0n) is 4.17. The summed E-state index contributed by atoms with van der Waals surface area (Å²) in [5.74, 6) is 0. The first-order valence-corrected chi connectivity index (χ1v) is 7.53. The number of rotatable bonds is 2.